The highest BCUT2D eigenvalue weighted by molar-refractivity contribution is 5.30. The largest absolute Gasteiger partial charge is 0.439 e. The van der Waals surface area contributed by atoms with Crippen LogP contribution < -0.4 is 4.74 Å². The van der Waals surface area contributed by atoms with E-state index in [0.29, 0.717) is 5.92 Å². The molecule has 206 valence electrons. The maximum Gasteiger partial charge on any atom is 0.439 e. The molecule has 1 unspecified atom stereocenters. The van der Waals surface area contributed by atoms with Crippen molar-refractivity contribution in [2.75, 3.05) is 0 Å². The predicted molar refractivity (Wildman–Crippen MR) is 131 cm³/mol. The van der Waals surface area contributed by atoms with Gasteiger partial charge in [-0.1, -0.05) is 76.8 Å². The summed E-state index contributed by atoms with van der Waals surface area (Å²) < 4.78 is 81.0. The number of hydrogen-bond donors (Lipinski definition) is 0. The molecule has 0 saturated heterocycles. The minimum Gasteiger partial charge on any atom is -0.430 e. The fourth-order valence-electron chi connectivity index (χ4n) is 6.29. The lowest BCUT2D eigenvalue weighted by atomic mass is 9.68. The lowest BCUT2D eigenvalue weighted by Gasteiger charge is -2.38. The molecule has 0 spiro atoms. The van der Waals surface area contributed by atoms with Crippen molar-refractivity contribution in [1.82, 2.24) is 0 Å². The molecule has 0 N–H and O–H groups in total. The van der Waals surface area contributed by atoms with E-state index in [1.807, 2.05) is 0 Å². The highest BCUT2D eigenvalue weighted by atomic mass is 19.4. The van der Waals surface area contributed by atoms with Crippen molar-refractivity contribution >= 4 is 0 Å². The van der Waals surface area contributed by atoms with Gasteiger partial charge in [0.25, 0.3) is 6.17 Å². The number of halogens is 6. The molecule has 0 aromatic heterocycles. The van der Waals surface area contributed by atoms with Gasteiger partial charge >= 0.3 is 12.3 Å². The summed E-state index contributed by atoms with van der Waals surface area (Å²) in [6.45, 7) is 2.25. The van der Waals surface area contributed by atoms with Gasteiger partial charge in [0.05, 0.1) is 0 Å². The smallest absolute Gasteiger partial charge is 0.430 e. The Morgan fingerprint density at radius 3 is 1.83 bits per heavy atom. The second-order valence-electron chi connectivity index (χ2n) is 11.1. The lowest BCUT2D eigenvalue weighted by molar-refractivity contribution is -0.304. The van der Waals surface area contributed by atoms with Crippen LogP contribution in [0, 0.1) is 17.8 Å². The first-order valence-corrected chi connectivity index (χ1v) is 14.0. The Hall–Kier alpha value is -1.40. The first kappa shape index (κ1) is 29.2. The van der Waals surface area contributed by atoms with Crippen LogP contribution in [0.4, 0.5) is 26.3 Å². The summed E-state index contributed by atoms with van der Waals surface area (Å²) in [6.07, 6.45) is 4.29. The fraction of sp³-hybridized carbons (Fsp3) is 0.793. The van der Waals surface area contributed by atoms with Crippen LogP contribution >= 0.6 is 0 Å². The van der Waals surface area contributed by atoms with Gasteiger partial charge in [0.1, 0.15) is 5.75 Å². The third kappa shape index (κ3) is 8.58. The summed E-state index contributed by atoms with van der Waals surface area (Å²) in [5, 5.41) is 0. The highest BCUT2D eigenvalue weighted by Crippen LogP contribution is 2.45. The molecule has 0 aliphatic heterocycles. The Balaban J connectivity index is 1.38. The molecular weight excluding hydrogens is 478 g/mol. The molecule has 2 aliphatic rings. The zero-order valence-corrected chi connectivity index (χ0v) is 21.5. The summed E-state index contributed by atoms with van der Waals surface area (Å²) in [5.41, 5.74) is 0.972. The van der Waals surface area contributed by atoms with Gasteiger partial charge in [-0.3, -0.25) is 0 Å². The van der Waals surface area contributed by atoms with Crippen LogP contribution in [0.1, 0.15) is 115 Å². The quantitative estimate of drug-likeness (QED) is 0.197. The van der Waals surface area contributed by atoms with E-state index in [9.17, 15) is 26.3 Å². The van der Waals surface area contributed by atoms with E-state index in [2.05, 4.69) is 11.7 Å². The number of benzene rings is 1. The molecule has 0 bridgehead atoms. The van der Waals surface area contributed by atoms with Gasteiger partial charge in [-0.05, 0) is 79.9 Å². The average Bonchev–Trinajstić information content (AvgIpc) is 2.86. The van der Waals surface area contributed by atoms with Crippen LogP contribution in [0.15, 0.2) is 24.3 Å². The molecule has 1 aromatic carbocycles. The van der Waals surface area contributed by atoms with Crippen LogP contribution in [0.2, 0.25) is 0 Å². The van der Waals surface area contributed by atoms with Crippen LogP contribution in [-0.2, 0) is 0 Å². The number of alkyl halides is 6. The second kappa shape index (κ2) is 13.4. The van der Waals surface area contributed by atoms with Crippen molar-refractivity contribution in [3.05, 3.63) is 29.8 Å². The Labute approximate surface area is 212 Å². The Kier molecular flexibility index (Phi) is 10.9. The van der Waals surface area contributed by atoms with Crippen molar-refractivity contribution in [2.45, 2.75) is 128 Å². The second-order valence-corrected chi connectivity index (χ2v) is 11.1. The molecule has 0 amide bonds. The SMILES string of the molecule is CCCCCCCCC1CCC(C2CCC(c3ccc(OC(F)(F)C(F)C(F)(F)F)cc3)CC2)CC1. The van der Waals surface area contributed by atoms with Crippen LogP contribution in [0.3, 0.4) is 0 Å². The summed E-state index contributed by atoms with van der Waals surface area (Å²) >= 11 is 0. The van der Waals surface area contributed by atoms with Crippen LogP contribution in [0.5, 0.6) is 5.75 Å². The number of hydrogen-bond acceptors (Lipinski definition) is 1. The fourth-order valence-corrected chi connectivity index (χ4v) is 6.29. The van der Waals surface area contributed by atoms with Crippen molar-refractivity contribution in [3.63, 3.8) is 0 Å². The first-order valence-electron chi connectivity index (χ1n) is 14.0. The summed E-state index contributed by atoms with van der Waals surface area (Å²) in [6, 6.07) is 5.66. The molecule has 2 saturated carbocycles. The average molecular weight is 521 g/mol. The third-order valence-electron chi connectivity index (χ3n) is 8.48. The Bertz CT molecular complexity index is 746. The van der Waals surface area contributed by atoms with E-state index < -0.39 is 24.2 Å². The molecule has 7 heteroatoms. The maximum absolute atomic E-state index is 13.5. The van der Waals surface area contributed by atoms with Gasteiger partial charge in [-0.2, -0.15) is 22.0 Å². The highest BCUT2D eigenvalue weighted by Gasteiger charge is 2.59. The predicted octanol–water partition coefficient (Wildman–Crippen LogP) is 10.4. The minimum absolute atomic E-state index is 0.309. The van der Waals surface area contributed by atoms with E-state index in [-0.39, 0.29) is 0 Å². The molecule has 2 aliphatic carbocycles. The van der Waals surface area contributed by atoms with Gasteiger partial charge in [-0.25, -0.2) is 4.39 Å². The summed E-state index contributed by atoms with van der Waals surface area (Å²) in [7, 11) is 0. The van der Waals surface area contributed by atoms with Gasteiger partial charge in [0, 0.05) is 0 Å². The Morgan fingerprint density at radius 1 is 0.750 bits per heavy atom. The molecular formula is C29H42F6O. The normalized spacial score (nSPS) is 26.5. The van der Waals surface area contributed by atoms with Gasteiger partial charge in [-0.15, -0.1) is 0 Å². The van der Waals surface area contributed by atoms with Crippen molar-refractivity contribution in [1.29, 1.82) is 0 Å². The molecule has 3 rings (SSSR count). The topological polar surface area (TPSA) is 9.23 Å². The van der Waals surface area contributed by atoms with E-state index in [1.165, 1.54) is 82.8 Å². The van der Waals surface area contributed by atoms with Crippen molar-refractivity contribution < 1.29 is 31.1 Å². The summed E-state index contributed by atoms with van der Waals surface area (Å²) in [4.78, 5) is 0. The van der Waals surface area contributed by atoms with E-state index >= 15 is 0 Å². The first-order chi connectivity index (χ1) is 17.1. The van der Waals surface area contributed by atoms with E-state index in [1.54, 1.807) is 12.1 Å². The van der Waals surface area contributed by atoms with Gasteiger partial charge in [0.15, 0.2) is 0 Å². The standard InChI is InChI=1S/C29H42F6O/c1-2-3-4-5-6-7-8-21-9-11-22(12-10-21)23-13-15-24(16-14-23)25-17-19-26(20-18-25)36-29(34,35)27(30)28(31,32)33/h17-24,27H,2-16H2,1H3. The van der Waals surface area contributed by atoms with E-state index in [0.717, 1.165) is 49.0 Å². The van der Waals surface area contributed by atoms with Crippen LogP contribution in [-0.4, -0.2) is 18.5 Å². The lowest BCUT2D eigenvalue weighted by Crippen LogP contribution is -2.45. The van der Waals surface area contributed by atoms with Gasteiger partial charge < -0.3 is 4.74 Å². The molecule has 0 radical (unpaired) electrons. The molecule has 1 nitrogen and oxygen atoms in total. The van der Waals surface area contributed by atoms with Crippen molar-refractivity contribution in [3.8, 4) is 5.75 Å². The molecule has 1 atom stereocenters. The molecule has 0 heterocycles. The van der Waals surface area contributed by atoms with Gasteiger partial charge in [0.2, 0.25) is 0 Å². The molecule has 1 aromatic rings. The molecule has 2 fully saturated rings. The summed E-state index contributed by atoms with van der Waals surface area (Å²) in [5.74, 6) is 2.31. The number of ether oxygens (including phenoxy) is 1. The number of rotatable bonds is 12. The van der Waals surface area contributed by atoms with Crippen molar-refractivity contribution in [2.24, 2.45) is 17.8 Å². The minimum atomic E-state index is -5.69. The zero-order valence-electron chi connectivity index (χ0n) is 21.5. The Morgan fingerprint density at radius 2 is 1.28 bits per heavy atom. The monoisotopic (exact) mass is 520 g/mol. The van der Waals surface area contributed by atoms with E-state index in [4.69, 9.17) is 0 Å². The number of unbranched alkanes of at least 4 members (excludes halogenated alkanes) is 5. The van der Waals surface area contributed by atoms with Crippen LogP contribution in [0.25, 0.3) is 0 Å². The third-order valence-corrected chi connectivity index (χ3v) is 8.48. The molecule has 36 heavy (non-hydrogen) atoms. The maximum atomic E-state index is 13.5. The zero-order chi connectivity index (χ0) is 26.2.